The van der Waals surface area contributed by atoms with Crippen LogP contribution in [0.4, 0.5) is 0 Å². The molecule has 4 aromatic rings. The summed E-state index contributed by atoms with van der Waals surface area (Å²) in [6.45, 7) is 1.79. The average molecular weight is 563 g/mol. The van der Waals surface area contributed by atoms with Gasteiger partial charge in [-0.15, -0.1) is 0 Å². The van der Waals surface area contributed by atoms with Crippen LogP contribution in [-0.4, -0.2) is 44.4 Å². The van der Waals surface area contributed by atoms with Crippen molar-refractivity contribution >= 4 is 0 Å². The van der Waals surface area contributed by atoms with E-state index in [1.54, 1.807) is 20.3 Å². The van der Waals surface area contributed by atoms with Crippen LogP contribution in [0.15, 0.2) is 54.6 Å². The van der Waals surface area contributed by atoms with Crippen molar-refractivity contribution < 1.29 is 24.1 Å². The molecule has 7 nitrogen and oxygen atoms in total. The Kier molecular flexibility index (Phi) is 5.88. The lowest BCUT2D eigenvalue weighted by molar-refractivity contribution is 0.220. The van der Waals surface area contributed by atoms with Crippen molar-refractivity contribution in [2.75, 3.05) is 34.4 Å². The van der Waals surface area contributed by atoms with E-state index in [9.17, 15) is 5.11 Å². The Hall–Kier alpha value is -4.20. The Bertz CT molecular complexity index is 1750. The fourth-order valence-electron chi connectivity index (χ4n) is 7.22. The van der Waals surface area contributed by atoms with E-state index in [0.717, 1.165) is 89.6 Å². The maximum atomic E-state index is 11.1. The molecule has 214 valence electrons. The molecule has 4 aromatic carbocycles. The quantitative estimate of drug-likeness (QED) is 0.255. The SMILES string of the molecule is COc1ccc2cc1-c1cc(ccc1O)C[C@H]1NCCc3cc4c(cc31)Oc1c(c(OC)cc3c1[C@H](C2)N(C)CC3)O4. The van der Waals surface area contributed by atoms with E-state index in [2.05, 4.69) is 53.7 Å². The molecule has 0 radical (unpaired) electrons. The van der Waals surface area contributed by atoms with Gasteiger partial charge in [-0.25, -0.2) is 0 Å². The number of likely N-dealkylation sites (N-methyl/N-ethyl adjacent to an activating group) is 1. The molecule has 2 N–H and O–H groups in total. The van der Waals surface area contributed by atoms with Crippen molar-refractivity contribution in [3.63, 3.8) is 0 Å². The zero-order chi connectivity index (χ0) is 28.5. The van der Waals surface area contributed by atoms with Crippen LogP contribution < -0.4 is 24.3 Å². The third-order valence-electron chi connectivity index (χ3n) is 9.42. The number of phenols is 1. The number of rotatable bonds is 2. The topological polar surface area (TPSA) is 72.4 Å². The van der Waals surface area contributed by atoms with Crippen molar-refractivity contribution in [2.45, 2.75) is 37.8 Å². The molecule has 4 heterocycles. The second-order valence-electron chi connectivity index (χ2n) is 11.8. The van der Waals surface area contributed by atoms with E-state index in [1.807, 2.05) is 12.1 Å². The molecule has 4 aliphatic heterocycles. The molecule has 2 atom stereocenters. The molecule has 0 amide bonds. The van der Waals surface area contributed by atoms with Crippen LogP contribution in [0.2, 0.25) is 0 Å². The van der Waals surface area contributed by atoms with Gasteiger partial charge >= 0.3 is 0 Å². The van der Waals surface area contributed by atoms with E-state index in [0.29, 0.717) is 11.5 Å². The Morgan fingerprint density at radius 1 is 0.810 bits per heavy atom. The molecule has 0 spiro atoms. The number of hydrogen-bond donors (Lipinski definition) is 2. The number of phenolic OH excluding ortho intramolecular Hbond substituents is 1. The van der Waals surface area contributed by atoms with Gasteiger partial charge in [0.1, 0.15) is 11.5 Å². The predicted molar refractivity (Wildman–Crippen MR) is 161 cm³/mol. The fourth-order valence-corrected chi connectivity index (χ4v) is 7.22. The minimum absolute atomic E-state index is 0.0553. The summed E-state index contributed by atoms with van der Waals surface area (Å²) in [6, 6.07) is 18.8. The van der Waals surface area contributed by atoms with Gasteiger partial charge in [0.2, 0.25) is 5.75 Å². The van der Waals surface area contributed by atoms with E-state index < -0.39 is 0 Å². The molecular weight excluding hydrogens is 528 g/mol. The molecule has 0 saturated heterocycles. The highest BCUT2D eigenvalue weighted by molar-refractivity contribution is 5.77. The van der Waals surface area contributed by atoms with E-state index in [-0.39, 0.29) is 17.8 Å². The molecule has 8 rings (SSSR count). The first kappa shape index (κ1) is 25.5. The normalized spacial score (nSPS) is 20.0. The van der Waals surface area contributed by atoms with Gasteiger partial charge in [-0.05, 0) is 110 Å². The van der Waals surface area contributed by atoms with Crippen molar-refractivity contribution in [1.82, 2.24) is 10.2 Å². The van der Waals surface area contributed by atoms with E-state index in [1.165, 1.54) is 16.7 Å². The zero-order valence-electron chi connectivity index (χ0n) is 24.1. The summed E-state index contributed by atoms with van der Waals surface area (Å²) < 4.78 is 25.1. The van der Waals surface area contributed by atoms with Gasteiger partial charge < -0.3 is 29.4 Å². The zero-order valence-corrected chi connectivity index (χ0v) is 24.1. The summed E-state index contributed by atoms with van der Waals surface area (Å²) in [5, 5.41) is 14.8. The average Bonchev–Trinajstić information content (AvgIpc) is 3.00. The molecule has 0 saturated carbocycles. The summed E-state index contributed by atoms with van der Waals surface area (Å²) >= 11 is 0. The standard InChI is InChI=1S/C35H34N2O5/c1-37-11-9-22-17-32(40-3)34-35-33(22)27(37)15-20-5-7-29(39-2)25(13-20)24-12-19(4-6-28(24)38)14-26-23-18-31(42-35)30(41-34)16-21(23)8-10-36-26/h4-7,12-13,16-18,26-27,36,38H,8-11,14-15H2,1-3H3/t26-,27+/m1/s1. The Labute approximate surface area is 245 Å². The van der Waals surface area contributed by atoms with Crippen LogP contribution in [0.3, 0.4) is 0 Å². The lowest BCUT2D eigenvalue weighted by Gasteiger charge is -2.38. The molecule has 0 aliphatic carbocycles. The molecule has 0 fully saturated rings. The number of hydrogen-bond acceptors (Lipinski definition) is 7. The van der Waals surface area contributed by atoms with Gasteiger partial charge in [-0.3, -0.25) is 4.90 Å². The van der Waals surface area contributed by atoms with Gasteiger partial charge in [0.15, 0.2) is 23.0 Å². The highest BCUT2D eigenvalue weighted by Gasteiger charge is 2.36. The summed E-state index contributed by atoms with van der Waals surface area (Å²) in [4.78, 5) is 2.39. The van der Waals surface area contributed by atoms with Crippen molar-refractivity contribution in [3.8, 4) is 51.4 Å². The summed E-state index contributed by atoms with van der Waals surface area (Å²) in [7, 11) is 5.55. The maximum Gasteiger partial charge on any atom is 0.212 e. The lowest BCUT2D eigenvalue weighted by Crippen LogP contribution is -2.34. The van der Waals surface area contributed by atoms with E-state index >= 15 is 0 Å². The molecule has 0 aromatic heterocycles. The smallest absolute Gasteiger partial charge is 0.212 e. The summed E-state index contributed by atoms with van der Waals surface area (Å²) in [5.74, 6) is 4.55. The number of ether oxygens (including phenoxy) is 4. The van der Waals surface area contributed by atoms with Gasteiger partial charge in [0.05, 0.1) is 14.2 Å². The Morgan fingerprint density at radius 3 is 2.43 bits per heavy atom. The molecular formula is C35H34N2O5. The number of aromatic hydroxyl groups is 1. The van der Waals surface area contributed by atoms with Gasteiger partial charge in [-0.1, -0.05) is 12.1 Å². The van der Waals surface area contributed by atoms with E-state index in [4.69, 9.17) is 18.9 Å². The minimum Gasteiger partial charge on any atom is -0.507 e. The lowest BCUT2D eigenvalue weighted by atomic mass is 9.86. The fraction of sp³-hybridized carbons (Fsp3) is 0.314. The summed E-state index contributed by atoms with van der Waals surface area (Å²) in [6.07, 6.45) is 3.34. The predicted octanol–water partition coefficient (Wildman–Crippen LogP) is 6.49. The monoisotopic (exact) mass is 562 g/mol. The molecule has 42 heavy (non-hydrogen) atoms. The molecule has 4 aliphatic rings. The van der Waals surface area contributed by atoms with Crippen molar-refractivity contribution in [3.05, 3.63) is 88.0 Å². The largest absolute Gasteiger partial charge is 0.507 e. The third kappa shape index (κ3) is 3.95. The van der Waals surface area contributed by atoms with Crippen LogP contribution in [0, 0.1) is 0 Å². The maximum absolute atomic E-state index is 11.1. The van der Waals surface area contributed by atoms with Crippen molar-refractivity contribution in [1.29, 1.82) is 0 Å². The number of methoxy groups -OCH3 is 2. The highest BCUT2D eigenvalue weighted by Crippen LogP contribution is 2.56. The van der Waals surface area contributed by atoms with Gasteiger partial charge in [-0.2, -0.15) is 0 Å². The third-order valence-corrected chi connectivity index (χ3v) is 9.42. The second-order valence-corrected chi connectivity index (χ2v) is 11.8. The Morgan fingerprint density at radius 2 is 1.57 bits per heavy atom. The molecule has 0 unspecified atom stereocenters. The first-order valence-electron chi connectivity index (χ1n) is 14.7. The van der Waals surface area contributed by atoms with Gasteiger partial charge in [0.25, 0.3) is 0 Å². The molecule has 7 heteroatoms. The van der Waals surface area contributed by atoms with Crippen LogP contribution in [0.5, 0.6) is 40.2 Å². The van der Waals surface area contributed by atoms with Crippen LogP contribution in [0.1, 0.15) is 45.5 Å². The number of nitrogens with zero attached hydrogens (tertiary/aromatic N) is 1. The Balaban J connectivity index is 1.39. The molecule has 7 bridgehead atoms. The highest BCUT2D eigenvalue weighted by atomic mass is 16.6. The van der Waals surface area contributed by atoms with Crippen LogP contribution in [-0.2, 0) is 25.7 Å². The second kappa shape index (κ2) is 9.68. The van der Waals surface area contributed by atoms with Crippen LogP contribution in [0.25, 0.3) is 11.1 Å². The van der Waals surface area contributed by atoms with Crippen LogP contribution >= 0.6 is 0 Å². The number of nitrogens with one attached hydrogen (secondary N) is 1. The van der Waals surface area contributed by atoms with Crippen molar-refractivity contribution in [2.24, 2.45) is 0 Å². The first-order valence-corrected chi connectivity index (χ1v) is 14.7. The summed E-state index contributed by atoms with van der Waals surface area (Å²) in [5.41, 5.74) is 8.80. The minimum atomic E-state index is 0.0553. The number of fused-ring (bicyclic) bond motifs is 5. The van der Waals surface area contributed by atoms with Gasteiger partial charge in [0, 0.05) is 35.3 Å². The first-order chi connectivity index (χ1) is 20.5. The number of benzene rings is 4.